The molecule has 0 atom stereocenters. The van der Waals surface area contributed by atoms with Gasteiger partial charge < -0.3 is 4.74 Å². The molecule has 4 heteroatoms. The van der Waals surface area contributed by atoms with Crippen LogP contribution in [0.4, 0.5) is 10.5 Å². The molecule has 0 radical (unpaired) electrons. The van der Waals surface area contributed by atoms with E-state index in [0.29, 0.717) is 17.0 Å². The maximum Gasteiger partial charge on any atom is 0.417 e. The highest BCUT2D eigenvalue weighted by molar-refractivity contribution is 6.03. The Hall–Kier alpha value is -2.62. The van der Waals surface area contributed by atoms with Gasteiger partial charge in [-0.1, -0.05) is 32.0 Å². The molecule has 0 aliphatic carbocycles. The van der Waals surface area contributed by atoms with E-state index in [1.165, 1.54) is 6.92 Å². The van der Waals surface area contributed by atoms with Crippen molar-refractivity contribution < 1.29 is 14.3 Å². The minimum Gasteiger partial charge on any atom is -0.410 e. The van der Waals surface area contributed by atoms with Crippen molar-refractivity contribution in [2.24, 2.45) is 0 Å². The minimum atomic E-state index is -0.619. The average molecular weight is 313 g/mol. The molecule has 0 aromatic heterocycles. The first-order valence-corrected chi connectivity index (χ1v) is 7.63. The zero-order valence-corrected chi connectivity index (χ0v) is 14.3. The van der Waals surface area contributed by atoms with Gasteiger partial charge in [0.25, 0.3) is 0 Å². The Labute approximate surface area is 137 Å². The lowest BCUT2D eigenvalue weighted by molar-refractivity contribution is 0.101. The second kappa shape index (κ2) is 8.73. The number of aryl methyl sites for hydroxylation is 2. The van der Waals surface area contributed by atoms with Crippen LogP contribution < -0.4 is 10.1 Å². The van der Waals surface area contributed by atoms with Gasteiger partial charge in [-0.3, -0.25) is 10.1 Å². The third-order valence-electron chi connectivity index (χ3n) is 3.20. The molecule has 23 heavy (non-hydrogen) atoms. The molecule has 122 valence electrons. The summed E-state index contributed by atoms with van der Waals surface area (Å²) >= 11 is 0. The van der Waals surface area contributed by atoms with E-state index >= 15 is 0 Å². The van der Waals surface area contributed by atoms with Crippen LogP contribution in [0.15, 0.2) is 42.5 Å². The molecule has 0 spiro atoms. The Morgan fingerprint density at radius 1 is 0.957 bits per heavy atom. The number of ketones is 1. The van der Waals surface area contributed by atoms with Gasteiger partial charge in [0, 0.05) is 5.56 Å². The Balaban J connectivity index is 0.00000127. The summed E-state index contributed by atoms with van der Waals surface area (Å²) in [7, 11) is 0. The third kappa shape index (κ3) is 5.25. The zero-order chi connectivity index (χ0) is 17.4. The van der Waals surface area contributed by atoms with E-state index in [9.17, 15) is 9.59 Å². The minimum absolute atomic E-state index is 0.104. The highest BCUT2D eigenvalue weighted by Gasteiger charge is 2.13. The van der Waals surface area contributed by atoms with E-state index in [2.05, 4.69) is 5.32 Å². The van der Waals surface area contributed by atoms with E-state index in [-0.39, 0.29) is 5.78 Å². The Bertz CT molecular complexity index is 679. The smallest absolute Gasteiger partial charge is 0.410 e. The number of anilines is 1. The van der Waals surface area contributed by atoms with Crippen LogP contribution in [0.2, 0.25) is 0 Å². The van der Waals surface area contributed by atoms with Crippen molar-refractivity contribution in [3.63, 3.8) is 0 Å². The number of rotatable bonds is 3. The number of carbonyl (C=O) groups is 2. The fourth-order valence-electron chi connectivity index (χ4n) is 1.94. The summed E-state index contributed by atoms with van der Waals surface area (Å²) < 4.78 is 5.16. The standard InChI is InChI=1S/C17H17NO3.C2H6/c1-11-9-15(13(3)19)16(10-12(11)2)18-17(20)21-14-7-5-4-6-8-14;1-2/h4-10H,1-3H3,(H,18,20);1-2H3. The maximum absolute atomic E-state index is 11.9. The van der Waals surface area contributed by atoms with E-state index in [1.54, 1.807) is 36.4 Å². The molecule has 0 saturated carbocycles. The van der Waals surface area contributed by atoms with Crippen molar-refractivity contribution in [2.75, 3.05) is 5.32 Å². The van der Waals surface area contributed by atoms with E-state index in [0.717, 1.165) is 11.1 Å². The first-order chi connectivity index (χ1) is 11.0. The molecule has 2 aromatic carbocycles. The Morgan fingerprint density at radius 2 is 1.52 bits per heavy atom. The lowest BCUT2D eigenvalue weighted by atomic mass is 10.0. The summed E-state index contributed by atoms with van der Waals surface area (Å²) in [6, 6.07) is 12.3. The predicted octanol–water partition coefficient (Wildman–Crippen LogP) is 5.14. The summed E-state index contributed by atoms with van der Waals surface area (Å²) in [5.41, 5.74) is 2.94. The summed E-state index contributed by atoms with van der Waals surface area (Å²) in [5, 5.41) is 2.63. The summed E-state index contributed by atoms with van der Waals surface area (Å²) in [6.07, 6.45) is -0.619. The summed E-state index contributed by atoms with van der Waals surface area (Å²) in [6.45, 7) is 9.32. The molecule has 1 N–H and O–H groups in total. The molecule has 0 aliphatic rings. The Morgan fingerprint density at radius 3 is 2.09 bits per heavy atom. The van der Waals surface area contributed by atoms with Crippen molar-refractivity contribution in [3.8, 4) is 5.75 Å². The van der Waals surface area contributed by atoms with Crippen LogP contribution in [0.25, 0.3) is 0 Å². The SMILES string of the molecule is CC.CC(=O)c1cc(C)c(C)cc1NC(=O)Oc1ccccc1. The van der Waals surface area contributed by atoms with Crippen LogP contribution in [-0.4, -0.2) is 11.9 Å². The average Bonchev–Trinajstić information content (AvgIpc) is 2.53. The van der Waals surface area contributed by atoms with Crippen molar-refractivity contribution >= 4 is 17.6 Å². The van der Waals surface area contributed by atoms with E-state index < -0.39 is 6.09 Å². The van der Waals surface area contributed by atoms with Gasteiger partial charge in [0.15, 0.2) is 5.78 Å². The summed E-state index contributed by atoms with van der Waals surface area (Å²) in [5.74, 6) is 0.344. The molecule has 2 aromatic rings. The van der Waals surface area contributed by atoms with Gasteiger partial charge in [-0.25, -0.2) is 4.79 Å². The fourth-order valence-corrected chi connectivity index (χ4v) is 1.94. The molecular weight excluding hydrogens is 290 g/mol. The van der Waals surface area contributed by atoms with Crippen LogP contribution in [0.3, 0.4) is 0 Å². The quantitative estimate of drug-likeness (QED) is 0.798. The molecule has 1 amide bonds. The van der Waals surface area contributed by atoms with Gasteiger partial charge in [0.05, 0.1) is 5.69 Å². The maximum atomic E-state index is 11.9. The molecule has 0 unspecified atom stereocenters. The third-order valence-corrected chi connectivity index (χ3v) is 3.20. The number of Topliss-reactive ketones (excluding diaryl/α,β-unsaturated/α-hetero) is 1. The van der Waals surface area contributed by atoms with Gasteiger partial charge >= 0.3 is 6.09 Å². The van der Waals surface area contributed by atoms with Crippen molar-refractivity contribution in [1.82, 2.24) is 0 Å². The van der Waals surface area contributed by atoms with Crippen LogP contribution in [0.5, 0.6) is 5.75 Å². The lowest BCUT2D eigenvalue weighted by Crippen LogP contribution is -2.18. The molecule has 0 saturated heterocycles. The number of hydrogen-bond acceptors (Lipinski definition) is 3. The molecule has 4 nitrogen and oxygen atoms in total. The van der Waals surface area contributed by atoms with Crippen LogP contribution in [0.1, 0.15) is 42.3 Å². The highest BCUT2D eigenvalue weighted by atomic mass is 16.6. The molecule has 0 fully saturated rings. The molecule has 2 rings (SSSR count). The van der Waals surface area contributed by atoms with Gasteiger partial charge in [-0.2, -0.15) is 0 Å². The summed E-state index contributed by atoms with van der Waals surface area (Å²) in [4.78, 5) is 23.6. The van der Waals surface area contributed by atoms with E-state index in [1.807, 2.05) is 33.8 Å². The zero-order valence-electron chi connectivity index (χ0n) is 14.3. The van der Waals surface area contributed by atoms with Crippen molar-refractivity contribution in [1.29, 1.82) is 0 Å². The number of para-hydroxylation sites is 1. The van der Waals surface area contributed by atoms with Crippen LogP contribution >= 0.6 is 0 Å². The van der Waals surface area contributed by atoms with Gasteiger partial charge in [0.2, 0.25) is 0 Å². The molecule has 0 aliphatic heterocycles. The first kappa shape index (κ1) is 18.4. The first-order valence-electron chi connectivity index (χ1n) is 7.63. The number of carbonyl (C=O) groups excluding carboxylic acids is 2. The highest BCUT2D eigenvalue weighted by Crippen LogP contribution is 2.22. The lowest BCUT2D eigenvalue weighted by Gasteiger charge is -2.12. The Kier molecular flexibility index (Phi) is 7.00. The van der Waals surface area contributed by atoms with Gasteiger partial charge in [0.1, 0.15) is 5.75 Å². The number of hydrogen-bond donors (Lipinski definition) is 1. The number of nitrogens with one attached hydrogen (secondary N) is 1. The second-order valence-electron chi connectivity index (χ2n) is 4.87. The second-order valence-corrected chi connectivity index (χ2v) is 4.87. The van der Waals surface area contributed by atoms with Crippen molar-refractivity contribution in [2.45, 2.75) is 34.6 Å². The fraction of sp³-hybridized carbons (Fsp3) is 0.263. The monoisotopic (exact) mass is 313 g/mol. The number of benzene rings is 2. The molecule has 0 bridgehead atoms. The van der Waals surface area contributed by atoms with E-state index in [4.69, 9.17) is 4.74 Å². The normalized spacial score (nSPS) is 9.43. The number of ether oxygens (including phenoxy) is 1. The number of amides is 1. The van der Waals surface area contributed by atoms with Crippen LogP contribution in [0, 0.1) is 13.8 Å². The van der Waals surface area contributed by atoms with Crippen molar-refractivity contribution in [3.05, 3.63) is 59.2 Å². The van der Waals surface area contributed by atoms with Gasteiger partial charge in [-0.15, -0.1) is 0 Å². The van der Waals surface area contributed by atoms with Gasteiger partial charge in [-0.05, 0) is 56.2 Å². The van der Waals surface area contributed by atoms with Crippen LogP contribution in [-0.2, 0) is 0 Å². The largest absolute Gasteiger partial charge is 0.417 e. The predicted molar refractivity (Wildman–Crippen MR) is 93.4 cm³/mol. The molecule has 0 heterocycles. The topological polar surface area (TPSA) is 55.4 Å². The molecular formula is C19H23NO3.